The predicted molar refractivity (Wildman–Crippen MR) is 117 cm³/mol. The molecule has 0 spiro atoms. The molecule has 1 aliphatic heterocycles. The van der Waals surface area contributed by atoms with E-state index in [2.05, 4.69) is 20.6 Å². The van der Waals surface area contributed by atoms with Gasteiger partial charge >= 0.3 is 0 Å². The highest BCUT2D eigenvalue weighted by atomic mass is 16.2. The summed E-state index contributed by atoms with van der Waals surface area (Å²) >= 11 is 0. The summed E-state index contributed by atoms with van der Waals surface area (Å²) in [5.74, 6) is 0.884. The van der Waals surface area contributed by atoms with E-state index in [4.69, 9.17) is 0 Å². The zero-order valence-corrected chi connectivity index (χ0v) is 17.5. The molecular formula is C23H28N6O2. The van der Waals surface area contributed by atoms with E-state index >= 15 is 0 Å². The standard InChI is InChI=1S/C23H28N6O2/c30-22(8-6-18-4-2-1-3-5-18)27-21-10-13-26-29(21)20-11-14-28(15-12-20)23(31)9-7-19-16-24-25-17-19/h1-5,10,13,16-17,20H,6-9,11-12,14-15H2,(H,24,25)(H,27,30). The number of rotatable bonds is 8. The predicted octanol–water partition coefficient (Wildman–Crippen LogP) is 2.97. The number of nitrogens with one attached hydrogen (secondary N) is 2. The molecule has 4 rings (SSSR count). The summed E-state index contributed by atoms with van der Waals surface area (Å²) in [6.07, 6.45) is 9.29. The Hall–Kier alpha value is -3.42. The number of amides is 2. The van der Waals surface area contributed by atoms with E-state index in [1.165, 1.54) is 0 Å². The maximum atomic E-state index is 12.5. The van der Waals surface area contributed by atoms with Gasteiger partial charge in [0.1, 0.15) is 5.82 Å². The van der Waals surface area contributed by atoms with Crippen LogP contribution in [0.3, 0.4) is 0 Å². The minimum absolute atomic E-state index is 0.0162. The van der Waals surface area contributed by atoms with E-state index in [0.29, 0.717) is 38.8 Å². The molecule has 2 amide bonds. The van der Waals surface area contributed by atoms with Gasteiger partial charge in [-0.3, -0.25) is 14.7 Å². The van der Waals surface area contributed by atoms with Crippen molar-refractivity contribution in [2.75, 3.05) is 18.4 Å². The fourth-order valence-electron chi connectivity index (χ4n) is 4.00. The van der Waals surface area contributed by atoms with Crippen molar-refractivity contribution in [2.45, 2.75) is 44.6 Å². The first kappa shape index (κ1) is 20.8. The molecule has 3 aromatic rings. The molecule has 0 unspecified atom stereocenters. The number of hydrogen-bond acceptors (Lipinski definition) is 4. The number of carbonyl (C=O) groups excluding carboxylic acids is 2. The minimum atomic E-state index is -0.0162. The van der Waals surface area contributed by atoms with Crippen LogP contribution in [0.25, 0.3) is 0 Å². The van der Waals surface area contributed by atoms with Gasteiger partial charge in [0.25, 0.3) is 0 Å². The van der Waals surface area contributed by atoms with Gasteiger partial charge in [-0.2, -0.15) is 10.2 Å². The molecule has 2 N–H and O–H groups in total. The Morgan fingerprint density at radius 2 is 1.81 bits per heavy atom. The Labute approximate surface area is 181 Å². The Morgan fingerprint density at radius 3 is 2.55 bits per heavy atom. The number of aromatic amines is 1. The van der Waals surface area contributed by atoms with Crippen LogP contribution in [0.15, 0.2) is 55.0 Å². The molecule has 0 atom stereocenters. The number of hydrogen-bond donors (Lipinski definition) is 2. The van der Waals surface area contributed by atoms with Gasteiger partial charge < -0.3 is 10.2 Å². The number of anilines is 1. The fraction of sp³-hybridized carbons (Fsp3) is 0.391. The summed E-state index contributed by atoms with van der Waals surface area (Å²) < 4.78 is 1.90. The van der Waals surface area contributed by atoms with Gasteiger partial charge in [0.15, 0.2) is 0 Å². The van der Waals surface area contributed by atoms with E-state index in [9.17, 15) is 9.59 Å². The van der Waals surface area contributed by atoms with E-state index in [-0.39, 0.29) is 17.9 Å². The van der Waals surface area contributed by atoms with Gasteiger partial charge in [-0.05, 0) is 36.8 Å². The molecule has 0 bridgehead atoms. The molecule has 1 aliphatic rings. The van der Waals surface area contributed by atoms with E-state index in [1.54, 1.807) is 12.4 Å². The summed E-state index contributed by atoms with van der Waals surface area (Å²) in [7, 11) is 0. The second-order valence-electron chi connectivity index (χ2n) is 7.91. The van der Waals surface area contributed by atoms with E-state index in [1.807, 2.05) is 52.2 Å². The summed E-state index contributed by atoms with van der Waals surface area (Å²) in [4.78, 5) is 26.9. The maximum absolute atomic E-state index is 12.5. The van der Waals surface area contributed by atoms with Crippen molar-refractivity contribution in [3.8, 4) is 0 Å². The van der Waals surface area contributed by atoms with Crippen molar-refractivity contribution < 1.29 is 9.59 Å². The number of H-pyrrole nitrogens is 1. The van der Waals surface area contributed by atoms with Crippen molar-refractivity contribution in [1.29, 1.82) is 0 Å². The van der Waals surface area contributed by atoms with Crippen molar-refractivity contribution in [2.24, 2.45) is 0 Å². The lowest BCUT2D eigenvalue weighted by atomic mass is 10.0. The smallest absolute Gasteiger partial charge is 0.225 e. The number of piperidine rings is 1. The fourth-order valence-corrected chi connectivity index (χ4v) is 4.00. The largest absolute Gasteiger partial charge is 0.343 e. The molecule has 31 heavy (non-hydrogen) atoms. The van der Waals surface area contributed by atoms with Gasteiger partial charge in [-0.25, -0.2) is 4.68 Å². The molecule has 2 aromatic heterocycles. The Balaban J connectivity index is 1.25. The first-order chi connectivity index (χ1) is 15.2. The molecule has 1 fully saturated rings. The molecular weight excluding hydrogens is 392 g/mol. The van der Waals surface area contributed by atoms with Crippen LogP contribution in [-0.4, -0.2) is 49.8 Å². The number of aryl methyl sites for hydroxylation is 2. The summed E-state index contributed by atoms with van der Waals surface area (Å²) in [5, 5.41) is 14.1. The minimum Gasteiger partial charge on any atom is -0.343 e. The number of likely N-dealkylation sites (tertiary alicyclic amines) is 1. The second kappa shape index (κ2) is 10.1. The third-order valence-electron chi connectivity index (χ3n) is 5.77. The zero-order chi connectivity index (χ0) is 21.5. The average Bonchev–Trinajstić information content (AvgIpc) is 3.49. The molecule has 8 heteroatoms. The highest BCUT2D eigenvalue weighted by molar-refractivity contribution is 5.90. The van der Waals surface area contributed by atoms with Crippen molar-refractivity contribution in [3.63, 3.8) is 0 Å². The highest BCUT2D eigenvalue weighted by Crippen LogP contribution is 2.26. The number of aromatic nitrogens is 4. The molecule has 1 aromatic carbocycles. The van der Waals surface area contributed by atoms with Crippen molar-refractivity contribution in [1.82, 2.24) is 24.9 Å². The van der Waals surface area contributed by atoms with Gasteiger partial charge in [0.05, 0.1) is 18.4 Å². The van der Waals surface area contributed by atoms with Crippen LogP contribution in [0.5, 0.6) is 0 Å². The Morgan fingerprint density at radius 1 is 1.03 bits per heavy atom. The van der Waals surface area contributed by atoms with Crippen LogP contribution in [0.2, 0.25) is 0 Å². The van der Waals surface area contributed by atoms with E-state index < -0.39 is 0 Å². The summed E-state index contributed by atoms with van der Waals surface area (Å²) in [6.45, 7) is 1.41. The zero-order valence-electron chi connectivity index (χ0n) is 17.5. The quantitative estimate of drug-likeness (QED) is 0.586. The second-order valence-corrected chi connectivity index (χ2v) is 7.91. The molecule has 3 heterocycles. The average molecular weight is 421 g/mol. The SMILES string of the molecule is O=C(CCc1ccccc1)Nc1ccnn1C1CCN(C(=O)CCc2cn[nH]c2)CC1. The first-order valence-corrected chi connectivity index (χ1v) is 10.8. The maximum Gasteiger partial charge on any atom is 0.225 e. The van der Waals surface area contributed by atoms with Crippen LogP contribution in [0.4, 0.5) is 5.82 Å². The van der Waals surface area contributed by atoms with Crippen LogP contribution in [0, 0.1) is 0 Å². The summed E-state index contributed by atoms with van der Waals surface area (Å²) in [5.41, 5.74) is 2.20. The van der Waals surface area contributed by atoms with Crippen molar-refractivity contribution in [3.05, 3.63) is 66.1 Å². The third-order valence-corrected chi connectivity index (χ3v) is 5.77. The van der Waals surface area contributed by atoms with Crippen LogP contribution >= 0.6 is 0 Å². The van der Waals surface area contributed by atoms with Gasteiger partial charge in [0.2, 0.25) is 11.8 Å². The van der Waals surface area contributed by atoms with Crippen molar-refractivity contribution >= 4 is 17.6 Å². The molecule has 1 saturated heterocycles. The monoisotopic (exact) mass is 420 g/mol. The summed E-state index contributed by atoms with van der Waals surface area (Å²) in [6, 6.07) is 12.0. The third kappa shape index (κ3) is 5.59. The van der Waals surface area contributed by atoms with Crippen LogP contribution in [0.1, 0.15) is 42.9 Å². The van der Waals surface area contributed by atoms with Gasteiger partial charge in [-0.15, -0.1) is 0 Å². The number of nitrogens with zero attached hydrogens (tertiary/aromatic N) is 4. The topological polar surface area (TPSA) is 95.9 Å². The first-order valence-electron chi connectivity index (χ1n) is 10.8. The molecule has 0 aliphatic carbocycles. The lowest BCUT2D eigenvalue weighted by Crippen LogP contribution is -2.39. The normalized spacial score (nSPS) is 14.5. The Bertz CT molecular complexity index is 975. The van der Waals surface area contributed by atoms with Crippen LogP contribution < -0.4 is 5.32 Å². The Kier molecular flexibility index (Phi) is 6.76. The van der Waals surface area contributed by atoms with E-state index in [0.717, 1.165) is 29.8 Å². The molecule has 8 nitrogen and oxygen atoms in total. The molecule has 162 valence electrons. The highest BCUT2D eigenvalue weighted by Gasteiger charge is 2.25. The number of carbonyl (C=O) groups is 2. The van der Waals surface area contributed by atoms with Crippen LogP contribution in [-0.2, 0) is 22.4 Å². The lowest BCUT2D eigenvalue weighted by molar-refractivity contribution is -0.132. The van der Waals surface area contributed by atoms with Gasteiger partial charge in [-0.1, -0.05) is 30.3 Å². The lowest BCUT2D eigenvalue weighted by Gasteiger charge is -2.32. The number of benzene rings is 1. The molecule has 0 radical (unpaired) electrons. The van der Waals surface area contributed by atoms with Gasteiger partial charge in [0, 0.05) is 38.2 Å². The molecule has 0 saturated carbocycles.